The number of aryl methyl sites for hydroxylation is 1. The molecular formula is C17H24N4. The fraction of sp³-hybridized carbons (Fsp3) is 0.471. The molecule has 3 rings (SSSR count). The number of nitrogens with one attached hydrogen (secondary N) is 1. The molecule has 0 radical (unpaired) electrons. The molecule has 0 bridgehead atoms. The molecular weight excluding hydrogens is 260 g/mol. The first-order valence-corrected chi connectivity index (χ1v) is 7.96. The fourth-order valence-electron chi connectivity index (χ4n) is 2.97. The highest BCUT2D eigenvalue weighted by atomic mass is 15.2. The number of hydrogen-bond donors (Lipinski definition) is 1. The molecule has 4 nitrogen and oxygen atoms in total. The van der Waals surface area contributed by atoms with E-state index < -0.39 is 0 Å². The lowest BCUT2D eigenvalue weighted by atomic mass is 10.3. The van der Waals surface area contributed by atoms with Crippen molar-refractivity contribution in [1.82, 2.24) is 9.55 Å². The smallest absolute Gasteiger partial charge is 0.151 e. The van der Waals surface area contributed by atoms with Crippen LogP contribution in [-0.4, -0.2) is 22.6 Å². The molecule has 1 aliphatic heterocycles. The molecule has 4 heteroatoms. The molecule has 1 saturated heterocycles. The van der Waals surface area contributed by atoms with Gasteiger partial charge in [0.2, 0.25) is 0 Å². The van der Waals surface area contributed by atoms with E-state index >= 15 is 0 Å². The molecule has 0 aliphatic carbocycles. The van der Waals surface area contributed by atoms with Crippen LogP contribution >= 0.6 is 0 Å². The molecule has 1 N–H and O–H groups in total. The molecule has 0 atom stereocenters. The van der Waals surface area contributed by atoms with Gasteiger partial charge in [-0.1, -0.05) is 6.92 Å². The van der Waals surface area contributed by atoms with E-state index in [1.807, 2.05) is 12.3 Å². The maximum atomic E-state index is 4.58. The molecule has 0 unspecified atom stereocenters. The summed E-state index contributed by atoms with van der Waals surface area (Å²) in [4.78, 5) is 6.96. The van der Waals surface area contributed by atoms with Crippen LogP contribution < -0.4 is 10.2 Å². The Balaban J connectivity index is 1.71. The van der Waals surface area contributed by atoms with E-state index in [0.29, 0.717) is 0 Å². The molecule has 2 aromatic heterocycles. The Labute approximate surface area is 126 Å². The summed E-state index contributed by atoms with van der Waals surface area (Å²) in [6, 6.07) is 8.45. The lowest BCUT2D eigenvalue weighted by Gasteiger charge is -2.20. The van der Waals surface area contributed by atoms with Gasteiger partial charge >= 0.3 is 0 Å². The average molecular weight is 284 g/mol. The standard InChI is InChI=1S/C17H24N4/c1-2-10-20-13-6-7-15(20)14-19-16-8-5-9-18-17(16)21-11-3-4-12-21/h5-9,13,19H,2-4,10-12,14H2,1H3. The summed E-state index contributed by atoms with van der Waals surface area (Å²) in [5, 5.41) is 3.57. The number of anilines is 2. The monoisotopic (exact) mass is 284 g/mol. The van der Waals surface area contributed by atoms with Crippen molar-refractivity contribution in [3.8, 4) is 0 Å². The van der Waals surface area contributed by atoms with Gasteiger partial charge in [0.05, 0.1) is 12.2 Å². The van der Waals surface area contributed by atoms with Crippen molar-refractivity contribution in [2.75, 3.05) is 23.3 Å². The minimum Gasteiger partial charge on any atom is -0.376 e. The second-order valence-corrected chi connectivity index (χ2v) is 5.62. The first-order chi connectivity index (χ1) is 10.4. The fourth-order valence-corrected chi connectivity index (χ4v) is 2.97. The molecule has 1 fully saturated rings. The molecule has 3 heterocycles. The SMILES string of the molecule is CCCn1cccc1CNc1cccnc1N1CCCC1. The van der Waals surface area contributed by atoms with Gasteiger partial charge in [-0.2, -0.15) is 0 Å². The summed E-state index contributed by atoms with van der Waals surface area (Å²) in [7, 11) is 0. The zero-order valence-corrected chi connectivity index (χ0v) is 12.8. The molecule has 0 aromatic carbocycles. The molecule has 21 heavy (non-hydrogen) atoms. The van der Waals surface area contributed by atoms with Gasteiger partial charge in [-0.05, 0) is 43.5 Å². The van der Waals surface area contributed by atoms with Crippen LogP contribution in [0.2, 0.25) is 0 Å². The Morgan fingerprint density at radius 2 is 2.05 bits per heavy atom. The van der Waals surface area contributed by atoms with E-state index in [9.17, 15) is 0 Å². The minimum atomic E-state index is 0.847. The van der Waals surface area contributed by atoms with Crippen LogP contribution in [0.15, 0.2) is 36.7 Å². The number of nitrogens with zero attached hydrogens (tertiary/aromatic N) is 3. The lowest BCUT2D eigenvalue weighted by Crippen LogP contribution is -2.20. The second-order valence-electron chi connectivity index (χ2n) is 5.62. The zero-order valence-electron chi connectivity index (χ0n) is 12.8. The van der Waals surface area contributed by atoms with Crippen molar-refractivity contribution in [1.29, 1.82) is 0 Å². The summed E-state index contributed by atoms with van der Waals surface area (Å²) < 4.78 is 2.32. The molecule has 112 valence electrons. The normalized spacial score (nSPS) is 14.6. The Hall–Kier alpha value is -1.97. The Kier molecular flexibility index (Phi) is 4.43. The van der Waals surface area contributed by atoms with Crippen molar-refractivity contribution < 1.29 is 0 Å². The van der Waals surface area contributed by atoms with Crippen molar-refractivity contribution in [3.63, 3.8) is 0 Å². The van der Waals surface area contributed by atoms with E-state index in [1.54, 1.807) is 0 Å². The number of pyridine rings is 1. The van der Waals surface area contributed by atoms with Gasteiger partial charge in [-0.3, -0.25) is 0 Å². The van der Waals surface area contributed by atoms with Gasteiger partial charge in [0.25, 0.3) is 0 Å². The Morgan fingerprint density at radius 3 is 2.86 bits per heavy atom. The number of hydrogen-bond acceptors (Lipinski definition) is 3. The van der Waals surface area contributed by atoms with Crippen LogP contribution in [0.4, 0.5) is 11.5 Å². The first-order valence-electron chi connectivity index (χ1n) is 7.96. The number of rotatable bonds is 6. The van der Waals surface area contributed by atoms with Crippen LogP contribution in [0.3, 0.4) is 0 Å². The first kappa shape index (κ1) is 14.0. The maximum absolute atomic E-state index is 4.58. The highest BCUT2D eigenvalue weighted by molar-refractivity contribution is 5.65. The molecule has 0 spiro atoms. The van der Waals surface area contributed by atoms with Crippen LogP contribution in [0.25, 0.3) is 0 Å². The lowest BCUT2D eigenvalue weighted by molar-refractivity contribution is 0.654. The summed E-state index contributed by atoms with van der Waals surface area (Å²) in [6.45, 7) is 6.38. The van der Waals surface area contributed by atoms with Crippen molar-refractivity contribution in [2.24, 2.45) is 0 Å². The zero-order chi connectivity index (χ0) is 14.5. The predicted octanol–water partition coefficient (Wildman–Crippen LogP) is 3.51. The largest absolute Gasteiger partial charge is 0.376 e. The summed E-state index contributed by atoms with van der Waals surface area (Å²) in [5.74, 6) is 1.10. The van der Waals surface area contributed by atoms with E-state index in [2.05, 4.69) is 51.1 Å². The highest BCUT2D eigenvalue weighted by Gasteiger charge is 2.16. The van der Waals surface area contributed by atoms with Crippen LogP contribution in [-0.2, 0) is 13.1 Å². The van der Waals surface area contributed by atoms with E-state index in [4.69, 9.17) is 0 Å². The molecule has 2 aromatic rings. The summed E-state index contributed by atoms with van der Waals surface area (Å²) in [5.41, 5.74) is 2.47. The quantitative estimate of drug-likeness (QED) is 0.881. The topological polar surface area (TPSA) is 33.1 Å². The molecule has 0 amide bonds. The van der Waals surface area contributed by atoms with Crippen LogP contribution in [0, 0.1) is 0 Å². The number of aromatic nitrogens is 2. The third-order valence-electron chi connectivity index (χ3n) is 4.04. The Bertz CT molecular complexity index is 570. The van der Waals surface area contributed by atoms with Gasteiger partial charge in [-0.15, -0.1) is 0 Å². The van der Waals surface area contributed by atoms with Crippen LogP contribution in [0.1, 0.15) is 31.9 Å². The van der Waals surface area contributed by atoms with Crippen molar-refractivity contribution in [2.45, 2.75) is 39.3 Å². The second kappa shape index (κ2) is 6.66. The predicted molar refractivity (Wildman–Crippen MR) is 87.7 cm³/mol. The average Bonchev–Trinajstić information content (AvgIpc) is 3.17. The Morgan fingerprint density at radius 1 is 1.19 bits per heavy atom. The maximum Gasteiger partial charge on any atom is 0.151 e. The van der Waals surface area contributed by atoms with Crippen LogP contribution in [0.5, 0.6) is 0 Å². The van der Waals surface area contributed by atoms with E-state index in [0.717, 1.165) is 44.1 Å². The summed E-state index contributed by atoms with van der Waals surface area (Å²) in [6.07, 6.45) is 7.75. The van der Waals surface area contributed by atoms with E-state index in [1.165, 1.54) is 18.5 Å². The van der Waals surface area contributed by atoms with E-state index in [-0.39, 0.29) is 0 Å². The third-order valence-corrected chi connectivity index (χ3v) is 4.04. The summed E-state index contributed by atoms with van der Waals surface area (Å²) >= 11 is 0. The molecule has 0 saturated carbocycles. The highest BCUT2D eigenvalue weighted by Crippen LogP contribution is 2.26. The van der Waals surface area contributed by atoms with Crippen molar-refractivity contribution >= 4 is 11.5 Å². The van der Waals surface area contributed by atoms with Gasteiger partial charge in [0, 0.05) is 37.7 Å². The van der Waals surface area contributed by atoms with Gasteiger partial charge in [0.15, 0.2) is 5.82 Å². The molecule has 1 aliphatic rings. The van der Waals surface area contributed by atoms with Gasteiger partial charge in [0.1, 0.15) is 0 Å². The minimum absolute atomic E-state index is 0.847. The van der Waals surface area contributed by atoms with Crippen molar-refractivity contribution in [3.05, 3.63) is 42.4 Å². The third kappa shape index (κ3) is 3.20. The van der Waals surface area contributed by atoms with Gasteiger partial charge < -0.3 is 14.8 Å². The van der Waals surface area contributed by atoms with Gasteiger partial charge in [-0.25, -0.2) is 4.98 Å².